The first-order valence-electron chi connectivity index (χ1n) is 11.3. The number of rotatable bonds is 6. The minimum absolute atomic E-state index is 0.0848. The van der Waals surface area contributed by atoms with Gasteiger partial charge in [-0.2, -0.15) is 5.26 Å². The number of nitriles is 1. The number of aryl methyl sites for hydroxylation is 1. The monoisotopic (exact) mass is 478 g/mol. The van der Waals surface area contributed by atoms with Crippen molar-refractivity contribution in [3.63, 3.8) is 0 Å². The number of nitrogens with zero attached hydrogens (tertiary/aromatic N) is 6. The molecule has 184 valence electrons. The van der Waals surface area contributed by atoms with Gasteiger partial charge in [-0.15, -0.1) is 0 Å². The third kappa shape index (κ3) is 5.94. The first-order chi connectivity index (χ1) is 16.6. The van der Waals surface area contributed by atoms with Crippen molar-refractivity contribution in [3.05, 3.63) is 74.1 Å². The van der Waals surface area contributed by atoms with E-state index in [-0.39, 0.29) is 30.6 Å². The molecule has 1 aromatic carbocycles. The number of aromatic nitrogens is 2. The minimum atomic E-state index is -0.526. The first-order valence-corrected chi connectivity index (χ1v) is 11.3. The fraction of sp³-hybridized carbons (Fsp3) is 0.400. The lowest BCUT2D eigenvalue weighted by molar-refractivity contribution is -0.120. The predicted molar refractivity (Wildman–Crippen MR) is 132 cm³/mol. The summed E-state index contributed by atoms with van der Waals surface area (Å²) in [4.78, 5) is 56.0. The van der Waals surface area contributed by atoms with Gasteiger partial charge in [0.05, 0.1) is 18.2 Å². The Morgan fingerprint density at radius 1 is 1.06 bits per heavy atom. The van der Waals surface area contributed by atoms with E-state index in [0.717, 1.165) is 10.1 Å². The van der Waals surface area contributed by atoms with Crippen LogP contribution in [0.5, 0.6) is 0 Å². The van der Waals surface area contributed by atoms with E-state index in [1.807, 2.05) is 30.9 Å². The van der Waals surface area contributed by atoms with E-state index < -0.39 is 11.2 Å². The predicted octanol–water partition coefficient (Wildman–Crippen LogP) is 0.713. The van der Waals surface area contributed by atoms with E-state index in [1.165, 1.54) is 22.7 Å². The van der Waals surface area contributed by atoms with Crippen molar-refractivity contribution in [1.82, 2.24) is 18.9 Å². The molecule has 0 atom stereocenters. The van der Waals surface area contributed by atoms with Crippen LogP contribution >= 0.6 is 0 Å². The number of carbonyl (C=O) groups is 2. The van der Waals surface area contributed by atoms with Gasteiger partial charge in [-0.3, -0.25) is 23.9 Å². The molecule has 0 bridgehead atoms. The zero-order chi connectivity index (χ0) is 25.7. The van der Waals surface area contributed by atoms with Gasteiger partial charge >= 0.3 is 5.69 Å². The highest BCUT2D eigenvalue weighted by Gasteiger charge is 2.26. The average molecular weight is 479 g/mol. The summed E-state index contributed by atoms with van der Waals surface area (Å²) in [5.41, 5.74) is 1.17. The Labute approximate surface area is 203 Å². The number of piperazine rings is 1. The van der Waals surface area contributed by atoms with E-state index >= 15 is 0 Å². The lowest BCUT2D eigenvalue weighted by atomic mass is 10.1. The molecule has 2 heterocycles. The van der Waals surface area contributed by atoms with Gasteiger partial charge in [0.1, 0.15) is 5.69 Å². The molecule has 35 heavy (non-hydrogen) atoms. The van der Waals surface area contributed by atoms with Crippen LogP contribution in [0.25, 0.3) is 0 Å². The molecule has 0 spiro atoms. The summed E-state index contributed by atoms with van der Waals surface area (Å²) in [6.07, 6.45) is 3.26. The second kappa shape index (κ2) is 11.0. The Bertz CT molecular complexity index is 1290. The Balaban J connectivity index is 1.70. The number of anilines is 1. The van der Waals surface area contributed by atoms with E-state index in [2.05, 4.69) is 0 Å². The highest BCUT2D eigenvalue weighted by molar-refractivity contribution is 5.95. The molecule has 2 aromatic rings. The van der Waals surface area contributed by atoms with Crippen LogP contribution in [0.4, 0.5) is 5.69 Å². The fourth-order valence-electron chi connectivity index (χ4n) is 3.84. The molecule has 0 N–H and O–H groups in total. The summed E-state index contributed by atoms with van der Waals surface area (Å²) < 4.78 is 2.28. The smallest absolute Gasteiger partial charge is 0.330 e. The molecular formula is C25H30N6O4. The van der Waals surface area contributed by atoms with E-state index in [1.54, 1.807) is 36.2 Å². The Kier molecular flexibility index (Phi) is 8.04. The first kappa shape index (κ1) is 25.6. The Morgan fingerprint density at radius 2 is 1.69 bits per heavy atom. The highest BCUT2D eigenvalue weighted by atomic mass is 16.2. The van der Waals surface area contributed by atoms with Crippen LogP contribution in [-0.4, -0.2) is 70.0 Å². The van der Waals surface area contributed by atoms with Crippen LogP contribution < -0.4 is 16.1 Å². The second-order valence-corrected chi connectivity index (χ2v) is 8.82. The molecule has 0 aliphatic carbocycles. The van der Waals surface area contributed by atoms with Gasteiger partial charge < -0.3 is 14.4 Å². The average Bonchev–Trinajstić information content (AvgIpc) is 2.85. The molecule has 1 aromatic heterocycles. The van der Waals surface area contributed by atoms with Crippen LogP contribution in [0.15, 0.2) is 51.7 Å². The van der Waals surface area contributed by atoms with Crippen LogP contribution in [0, 0.1) is 11.3 Å². The van der Waals surface area contributed by atoms with E-state index in [9.17, 15) is 19.2 Å². The molecule has 3 rings (SSSR count). The molecule has 0 saturated carbocycles. The van der Waals surface area contributed by atoms with Crippen LogP contribution in [-0.2, 0) is 18.9 Å². The summed E-state index contributed by atoms with van der Waals surface area (Å²) in [6, 6.07) is 8.56. The second-order valence-electron chi connectivity index (χ2n) is 8.82. The molecule has 1 aliphatic rings. The Hall–Kier alpha value is -3.97. The maximum absolute atomic E-state index is 13.3. The lowest BCUT2D eigenvalue weighted by Crippen LogP contribution is -2.52. The van der Waals surface area contributed by atoms with E-state index in [4.69, 9.17) is 5.26 Å². The number of allylic oxidation sites excluding steroid dienone is 1. The Morgan fingerprint density at radius 3 is 2.26 bits per heavy atom. The van der Waals surface area contributed by atoms with Gasteiger partial charge in [0, 0.05) is 58.6 Å². The van der Waals surface area contributed by atoms with Crippen LogP contribution in [0.1, 0.15) is 29.8 Å². The van der Waals surface area contributed by atoms with Crippen LogP contribution in [0.2, 0.25) is 0 Å². The fourth-order valence-corrected chi connectivity index (χ4v) is 3.84. The SMILES string of the molecule is CC(C)=CCN(C(=O)CN1CCN(C(=O)c2ccc(C#N)cc2)CC1)c1cn(C)c(=O)n(C)c1=O. The summed E-state index contributed by atoms with van der Waals surface area (Å²) in [5.74, 6) is -0.371. The standard InChI is InChI=1S/C25H30N6O4/c1-18(2)9-10-31(21-16-27(3)25(35)28(4)24(21)34)22(32)17-29-11-13-30(14-12-29)23(33)20-7-5-19(15-26)6-8-20/h5-9,16H,10-14,17H2,1-4H3. The summed E-state index contributed by atoms with van der Waals surface area (Å²) in [7, 11) is 2.93. The topological polar surface area (TPSA) is 112 Å². The molecule has 2 amide bonds. The molecule has 10 heteroatoms. The van der Waals surface area contributed by atoms with Crippen molar-refractivity contribution >= 4 is 17.5 Å². The third-order valence-electron chi connectivity index (χ3n) is 5.98. The van der Waals surface area contributed by atoms with Crippen molar-refractivity contribution < 1.29 is 9.59 Å². The maximum atomic E-state index is 13.3. The number of carbonyl (C=O) groups excluding carboxylic acids is 2. The molecule has 0 unspecified atom stereocenters. The molecule has 0 radical (unpaired) electrons. The normalized spacial score (nSPS) is 13.7. The number of hydrogen-bond donors (Lipinski definition) is 0. The van der Waals surface area contributed by atoms with Crippen molar-refractivity contribution in [2.45, 2.75) is 13.8 Å². The maximum Gasteiger partial charge on any atom is 0.330 e. The number of amides is 2. The highest BCUT2D eigenvalue weighted by Crippen LogP contribution is 2.13. The zero-order valence-electron chi connectivity index (χ0n) is 20.5. The van der Waals surface area contributed by atoms with Gasteiger partial charge in [-0.1, -0.05) is 11.6 Å². The van der Waals surface area contributed by atoms with Crippen LogP contribution in [0.3, 0.4) is 0 Å². The lowest BCUT2D eigenvalue weighted by Gasteiger charge is -2.35. The van der Waals surface area contributed by atoms with Gasteiger partial charge in [-0.05, 0) is 38.1 Å². The summed E-state index contributed by atoms with van der Waals surface area (Å²) in [5, 5.41) is 8.93. The molecule has 1 aliphatic heterocycles. The molecular weight excluding hydrogens is 448 g/mol. The van der Waals surface area contributed by atoms with Crippen molar-refractivity contribution in [2.24, 2.45) is 14.1 Å². The van der Waals surface area contributed by atoms with Crippen molar-refractivity contribution in [2.75, 3.05) is 44.2 Å². The van der Waals surface area contributed by atoms with Gasteiger partial charge in [0.2, 0.25) is 5.91 Å². The van der Waals surface area contributed by atoms with Gasteiger partial charge in [-0.25, -0.2) is 4.79 Å². The third-order valence-corrected chi connectivity index (χ3v) is 5.98. The molecule has 10 nitrogen and oxygen atoms in total. The zero-order valence-corrected chi connectivity index (χ0v) is 20.5. The largest absolute Gasteiger partial charge is 0.336 e. The van der Waals surface area contributed by atoms with E-state index in [0.29, 0.717) is 37.3 Å². The minimum Gasteiger partial charge on any atom is -0.336 e. The molecule has 1 fully saturated rings. The quantitative estimate of drug-likeness (QED) is 0.566. The summed E-state index contributed by atoms with van der Waals surface area (Å²) in [6.45, 7) is 6.05. The van der Waals surface area contributed by atoms with Gasteiger partial charge in [0.25, 0.3) is 11.5 Å². The number of hydrogen-bond acceptors (Lipinski definition) is 6. The number of benzene rings is 1. The van der Waals surface area contributed by atoms with Crippen molar-refractivity contribution in [3.8, 4) is 6.07 Å². The van der Waals surface area contributed by atoms with Gasteiger partial charge in [0.15, 0.2) is 0 Å². The van der Waals surface area contributed by atoms with Crippen molar-refractivity contribution in [1.29, 1.82) is 5.26 Å². The molecule has 1 saturated heterocycles. The summed E-state index contributed by atoms with van der Waals surface area (Å²) >= 11 is 0.